The first-order valence-corrected chi connectivity index (χ1v) is 3.70. The molecule has 66 valence electrons. The maximum Gasteiger partial charge on any atom is 0.120 e. The summed E-state index contributed by atoms with van der Waals surface area (Å²) in [6.45, 7) is 3.44. The summed E-state index contributed by atoms with van der Waals surface area (Å²) < 4.78 is 0. The Balaban J connectivity index is 0. The van der Waals surface area contributed by atoms with E-state index in [0.29, 0.717) is 19.3 Å². The van der Waals surface area contributed by atoms with Gasteiger partial charge >= 0.3 is 0 Å². The van der Waals surface area contributed by atoms with Crippen LogP contribution in [0.2, 0.25) is 0 Å². The molecule has 0 rings (SSSR count). The van der Waals surface area contributed by atoms with E-state index < -0.39 is 0 Å². The zero-order valence-electron chi connectivity index (χ0n) is 7.12. The number of aldehydes is 2. The van der Waals surface area contributed by atoms with Crippen LogP contribution in [0.15, 0.2) is 0 Å². The molecule has 0 aromatic carbocycles. The van der Waals surface area contributed by atoms with Crippen molar-refractivity contribution in [1.29, 1.82) is 0 Å². The lowest BCUT2D eigenvalue weighted by molar-refractivity contribution is -0.108. The van der Waals surface area contributed by atoms with Gasteiger partial charge in [-0.15, -0.1) is 0 Å². The maximum absolute atomic E-state index is 9.56. The summed E-state index contributed by atoms with van der Waals surface area (Å²) in [5, 5.41) is 8.06. The minimum Gasteiger partial charge on any atom is -0.394 e. The molecule has 3 nitrogen and oxygen atoms in total. The van der Waals surface area contributed by atoms with E-state index >= 15 is 0 Å². The van der Waals surface area contributed by atoms with Crippen molar-refractivity contribution in [2.45, 2.75) is 39.2 Å². The number of hydrogen-bond acceptors (Lipinski definition) is 3. The van der Waals surface area contributed by atoms with Gasteiger partial charge in [0.2, 0.25) is 0 Å². The Morgan fingerprint density at radius 1 is 1.18 bits per heavy atom. The molecule has 0 aromatic rings. The van der Waals surface area contributed by atoms with E-state index in [4.69, 9.17) is 5.11 Å². The smallest absolute Gasteiger partial charge is 0.120 e. The van der Waals surface area contributed by atoms with Gasteiger partial charge < -0.3 is 14.7 Å². The molecule has 0 radical (unpaired) electrons. The van der Waals surface area contributed by atoms with Gasteiger partial charge in [-0.1, -0.05) is 0 Å². The van der Waals surface area contributed by atoms with E-state index in [1.807, 2.05) is 0 Å². The summed E-state index contributed by atoms with van der Waals surface area (Å²) in [6, 6.07) is 0. The van der Waals surface area contributed by atoms with Gasteiger partial charge in [0.1, 0.15) is 12.6 Å². The Kier molecular flexibility index (Phi) is 14.1. The molecule has 0 spiro atoms. The standard InChI is InChI=1S/C5H8O2.C3H8O/c6-4-2-1-3-5-7;1-3(2)4/h4-5H,1-3H2;3-4H,1-2H3. The summed E-state index contributed by atoms with van der Waals surface area (Å²) in [5.74, 6) is 0. The fraction of sp³-hybridized carbons (Fsp3) is 0.750. The van der Waals surface area contributed by atoms with E-state index in [2.05, 4.69) is 0 Å². The Labute approximate surface area is 67.4 Å². The van der Waals surface area contributed by atoms with Gasteiger partial charge in [-0.3, -0.25) is 0 Å². The van der Waals surface area contributed by atoms with Crippen molar-refractivity contribution in [2.75, 3.05) is 0 Å². The molecule has 0 aromatic heterocycles. The zero-order valence-corrected chi connectivity index (χ0v) is 7.12. The Bertz CT molecular complexity index is 78.6. The van der Waals surface area contributed by atoms with Crippen LogP contribution in [-0.4, -0.2) is 23.8 Å². The molecule has 1 N–H and O–H groups in total. The molecule has 0 saturated heterocycles. The normalized spacial score (nSPS) is 8.36. The maximum atomic E-state index is 9.56. The van der Waals surface area contributed by atoms with Crippen LogP contribution < -0.4 is 0 Å². The molecule has 0 atom stereocenters. The van der Waals surface area contributed by atoms with Gasteiger partial charge in [0.25, 0.3) is 0 Å². The number of aliphatic hydroxyl groups is 1. The first kappa shape index (κ1) is 12.9. The van der Waals surface area contributed by atoms with E-state index in [1.165, 1.54) is 0 Å². The number of carbonyl (C=O) groups is 2. The lowest BCUT2D eigenvalue weighted by atomic mass is 10.3. The third-order valence-corrected chi connectivity index (χ3v) is 0.644. The Hall–Kier alpha value is -0.700. The van der Waals surface area contributed by atoms with Crippen LogP contribution >= 0.6 is 0 Å². The highest BCUT2D eigenvalue weighted by Crippen LogP contribution is 1.85. The van der Waals surface area contributed by atoms with Crippen molar-refractivity contribution in [2.24, 2.45) is 0 Å². The van der Waals surface area contributed by atoms with Crippen LogP contribution in [0.25, 0.3) is 0 Å². The third kappa shape index (κ3) is 45.5. The second kappa shape index (κ2) is 12.0. The summed E-state index contributed by atoms with van der Waals surface area (Å²) in [7, 11) is 0. The quantitative estimate of drug-likeness (QED) is 0.492. The first-order valence-electron chi connectivity index (χ1n) is 3.70. The summed E-state index contributed by atoms with van der Waals surface area (Å²) >= 11 is 0. The van der Waals surface area contributed by atoms with Crippen LogP contribution in [0, 0.1) is 0 Å². The highest BCUT2D eigenvalue weighted by Gasteiger charge is 1.80. The number of aliphatic hydroxyl groups excluding tert-OH is 1. The van der Waals surface area contributed by atoms with Gasteiger partial charge in [-0.25, -0.2) is 0 Å². The van der Waals surface area contributed by atoms with Gasteiger partial charge in [0.05, 0.1) is 0 Å². The molecule has 0 bridgehead atoms. The van der Waals surface area contributed by atoms with Crippen molar-refractivity contribution in [3.05, 3.63) is 0 Å². The minimum atomic E-state index is -0.167. The summed E-state index contributed by atoms with van der Waals surface area (Å²) in [5.41, 5.74) is 0. The SMILES string of the molecule is CC(C)O.O=CCCCC=O. The number of hydrogen-bond donors (Lipinski definition) is 1. The number of rotatable bonds is 4. The second-order valence-electron chi connectivity index (χ2n) is 2.36. The molecule has 0 aliphatic rings. The lowest BCUT2D eigenvalue weighted by Crippen LogP contribution is -1.85. The highest BCUT2D eigenvalue weighted by molar-refractivity contribution is 5.52. The second-order valence-corrected chi connectivity index (χ2v) is 2.36. The highest BCUT2D eigenvalue weighted by atomic mass is 16.3. The Morgan fingerprint density at radius 3 is 1.64 bits per heavy atom. The molecule has 0 fully saturated rings. The molecule has 11 heavy (non-hydrogen) atoms. The molecule has 0 saturated carbocycles. The van der Waals surface area contributed by atoms with Crippen LogP contribution in [-0.2, 0) is 9.59 Å². The molecule has 0 aliphatic carbocycles. The van der Waals surface area contributed by atoms with Crippen LogP contribution in [0.3, 0.4) is 0 Å². The van der Waals surface area contributed by atoms with Crippen LogP contribution in [0.1, 0.15) is 33.1 Å². The molecule has 3 heteroatoms. The third-order valence-electron chi connectivity index (χ3n) is 0.644. The molecule has 0 heterocycles. The minimum absolute atomic E-state index is 0.167. The monoisotopic (exact) mass is 160 g/mol. The molecular weight excluding hydrogens is 144 g/mol. The predicted octanol–water partition coefficient (Wildman–Crippen LogP) is 0.942. The molecule has 0 unspecified atom stereocenters. The van der Waals surface area contributed by atoms with E-state index in [9.17, 15) is 9.59 Å². The predicted molar refractivity (Wildman–Crippen MR) is 43.3 cm³/mol. The van der Waals surface area contributed by atoms with Gasteiger partial charge in [0, 0.05) is 18.9 Å². The largest absolute Gasteiger partial charge is 0.394 e. The number of unbranched alkanes of at least 4 members (excludes halogenated alkanes) is 2. The zero-order chi connectivity index (χ0) is 9.11. The summed E-state index contributed by atoms with van der Waals surface area (Å²) in [6.07, 6.45) is 3.21. The Morgan fingerprint density at radius 2 is 1.45 bits per heavy atom. The van der Waals surface area contributed by atoms with E-state index in [-0.39, 0.29) is 6.10 Å². The summed E-state index contributed by atoms with van der Waals surface area (Å²) in [4.78, 5) is 19.1. The fourth-order valence-corrected chi connectivity index (χ4v) is 0.285. The average molecular weight is 160 g/mol. The van der Waals surface area contributed by atoms with Crippen molar-refractivity contribution < 1.29 is 14.7 Å². The lowest BCUT2D eigenvalue weighted by Gasteiger charge is -1.80. The van der Waals surface area contributed by atoms with Crippen molar-refractivity contribution in [3.63, 3.8) is 0 Å². The van der Waals surface area contributed by atoms with Gasteiger partial charge in [-0.05, 0) is 20.3 Å². The van der Waals surface area contributed by atoms with Gasteiger partial charge in [0.15, 0.2) is 0 Å². The topological polar surface area (TPSA) is 54.4 Å². The molecular formula is C8H16O3. The average Bonchev–Trinajstić information content (AvgIpc) is 1.88. The first-order chi connectivity index (χ1) is 5.15. The molecule has 0 aliphatic heterocycles. The number of carbonyl (C=O) groups excluding carboxylic acids is 2. The van der Waals surface area contributed by atoms with E-state index in [0.717, 1.165) is 12.6 Å². The van der Waals surface area contributed by atoms with Crippen molar-refractivity contribution in [3.8, 4) is 0 Å². The van der Waals surface area contributed by atoms with Crippen LogP contribution in [0.4, 0.5) is 0 Å². The van der Waals surface area contributed by atoms with Gasteiger partial charge in [-0.2, -0.15) is 0 Å². The fourth-order valence-electron chi connectivity index (χ4n) is 0.285. The van der Waals surface area contributed by atoms with Crippen molar-refractivity contribution in [1.82, 2.24) is 0 Å². The molecule has 0 amide bonds. The van der Waals surface area contributed by atoms with Crippen molar-refractivity contribution >= 4 is 12.6 Å². The van der Waals surface area contributed by atoms with E-state index in [1.54, 1.807) is 13.8 Å². The van der Waals surface area contributed by atoms with Crippen LogP contribution in [0.5, 0.6) is 0 Å².